The molecule has 0 spiro atoms. The number of hydrogen-bond acceptors (Lipinski definition) is 3. The van der Waals surface area contributed by atoms with Gasteiger partial charge >= 0.3 is 0 Å². The van der Waals surface area contributed by atoms with Crippen LogP contribution in [0, 0.1) is 17.6 Å². The van der Waals surface area contributed by atoms with Gasteiger partial charge in [-0.3, -0.25) is 14.5 Å². The zero-order valence-corrected chi connectivity index (χ0v) is 17.1. The van der Waals surface area contributed by atoms with Crippen LogP contribution in [0.15, 0.2) is 48.5 Å². The second-order valence-corrected chi connectivity index (χ2v) is 7.76. The SMILES string of the molecule is CC(CCC(=O)N1CCN(C(c2ccc(F)cc2)c2ccc(F)cc2)CC1)C(N)=O. The fourth-order valence-corrected chi connectivity index (χ4v) is 3.77. The van der Waals surface area contributed by atoms with Crippen molar-refractivity contribution in [1.29, 1.82) is 0 Å². The second-order valence-electron chi connectivity index (χ2n) is 7.76. The summed E-state index contributed by atoms with van der Waals surface area (Å²) in [4.78, 5) is 27.7. The minimum Gasteiger partial charge on any atom is -0.369 e. The standard InChI is InChI=1S/C23H27F2N3O2/c1-16(23(26)30)2-11-21(29)27-12-14-28(15-13-27)22(17-3-7-19(24)8-4-17)18-5-9-20(25)10-6-18/h3-10,16,22H,2,11-15H2,1H3,(H2,26,30). The molecule has 0 aromatic heterocycles. The zero-order chi connectivity index (χ0) is 21.7. The molecule has 2 aromatic rings. The maximum absolute atomic E-state index is 13.4. The van der Waals surface area contributed by atoms with E-state index in [0.29, 0.717) is 39.0 Å². The molecule has 1 aliphatic rings. The van der Waals surface area contributed by atoms with Crippen molar-refractivity contribution >= 4 is 11.8 Å². The largest absolute Gasteiger partial charge is 0.369 e. The first-order valence-corrected chi connectivity index (χ1v) is 10.2. The van der Waals surface area contributed by atoms with Crippen molar-refractivity contribution in [2.24, 2.45) is 11.7 Å². The molecule has 3 rings (SSSR count). The van der Waals surface area contributed by atoms with Crippen LogP contribution < -0.4 is 5.73 Å². The average molecular weight is 415 g/mol. The molecule has 160 valence electrons. The number of amides is 2. The molecule has 0 radical (unpaired) electrons. The van der Waals surface area contributed by atoms with Gasteiger partial charge in [0.15, 0.2) is 0 Å². The van der Waals surface area contributed by atoms with Crippen molar-refractivity contribution in [3.8, 4) is 0 Å². The summed E-state index contributed by atoms with van der Waals surface area (Å²) in [6.07, 6.45) is 0.742. The molecule has 1 saturated heterocycles. The Bertz CT molecular complexity index is 818. The van der Waals surface area contributed by atoms with Crippen LogP contribution in [0.3, 0.4) is 0 Å². The smallest absolute Gasteiger partial charge is 0.222 e. The molecule has 7 heteroatoms. The first-order chi connectivity index (χ1) is 14.3. The summed E-state index contributed by atoms with van der Waals surface area (Å²) in [5.41, 5.74) is 7.09. The highest BCUT2D eigenvalue weighted by atomic mass is 19.1. The molecule has 0 bridgehead atoms. The van der Waals surface area contributed by atoms with Crippen LogP contribution in [0.5, 0.6) is 0 Å². The number of nitrogens with zero attached hydrogens (tertiary/aromatic N) is 2. The fourth-order valence-electron chi connectivity index (χ4n) is 3.77. The molecular formula is C23H27F2N3O2. The van der Waals surface area contributed by atoms with Crippen molar-refractivity contribution in [1.82, 2.24) is 9.80 Å². The minimum absolute atomic E-state index is 0.0165. The highest BCUT2D eigenvalue weighted by Gasteiger charge is 2.28. The zero-order valence-electron chi connectivity index (χ0n) is 17.1. The lowest BCUT2D eigenvalue weighted by molar-refractivity contribution is -0.133. The first-order valence-electron chi connectivity index (χ1n) is 10.2. The molecular weight excluding hydrogens is 388 g/mol. The van der Waals surface area contributed by atoms with Gasteiger partial charge in [-0.05, 0) is 41.8 Å². The number of carbonyl (C=O) groups is 2. The van der Waals surface area contributed by atoms with Crippen LogP contribution in [-0.4, -0.2) is 47.8 Å². The topological polar surface area (TPSA) is 66.6 Å². The third-order valence-electron chi connectivity index (χ3n) is 5.68. The van der Waals surface area contributed by atoms with Crippen LogP contribution >= 0.6 is 0 Å². The lowest BCUT2D eigenvalue weighted by Gasteiger charge is -2.40. The van der Waals surface area contributed by atoms with Crippen molar-refractivity contribution in [3.63, 3.8) is 0 Å². The Balaban J connectivity index is 1.69. The molecule has 1 fully saturated rings. The quantitative estimate of drug-likeness (QED) is 0.756. The highest BCUT2D eigenvalue weighted by molar-refractivity contribution is 5.79. The predicted octanol–water partition coefficient (Wildman–Crippen LogP) is 3.10. The van der Waals surface area contributed by atoms with E-state index in [9.17, 15) is 18.4 Å². The van der Waals surface area contributed by atoms with Gasteiger partial charge in [0.2, 0.25) is 11.8 Å². The van der Waals surface area contributed by atoms with Crippen molar-refractivity contribution in [2.75, 3.05) is 26.2 Å². The van der Waals surface area contributed by atoms with Crippen LogP contribution in [0.1, 0.15) is 36.9 Å². The van der Waals surface area contributed by atoms with E-state index in [1.165, 1.54) is 24.3 Å². The summed E-state index contributed by atoms with van der Waals surface area (Å²) in [5.74, 6) is -1.32. The van der Waals surface area contributed by atoms with Gasteiger partial charge in [-0.1, -0.05) is 31.2 Å². The van der Waals surface area contributed by atoms with Crippen molar-refractivity contribution in [3.05, 3.63) is 71.3 Å². The van der Waals surface area contributed by atoms with Gasteiger partial charge in [-0.25, -0.2) is 8.78 Å². The van der Waals surface area contributed by atoms with E-state index >= 15 is 0 Å². The molecule has 1 unspecified atom stereocenters. The molecule has 1 aliphatic heterocycles. The summed E-state index contributed by atoms with van der Waals surface area (Å²) >= 11 is 0. The molecule has 2 N–H and O–H groups in total. The van der Waals surface area contributed by atoms with Gasteiger partial charge in [0.25, 0.3) is 0 Å². The van der Waals surface area contributed by atoms with E-state index < -0.39 is 5.91 Å². The Morgan fingerprint density at radius 3 is 1.80 bits per heavy atom. The van der Waals surface area contributed by atoms with E-state index in [-0.39, 0.29) is 29.5 Å². The number of benzene rings is 2. The Kier molecular flexibility index (Phi) is 7.15. The van der Waals surface area contributed by atoms with Crippen LogP contribution in [0.25, 0.3) is 0 Å². The average Bonchev–Trinajstić information content (AvgIpc) is 2.75. The summed E-state index contributed by atoms with van der Waals surface area (Å²) in [5, 5.41) is 0. The molecule has 2 aromatic carbocycles. The number of nitrogens with two attached hydrogens (primary N) is 1. The predicted molar refractivity (Wildman–Crippen MR) is 110 cm³/mol. The van der Waals surface area contributed by atoms with Crippen molar-refractivity contribution < 1.29 is 18.4 Å². The number of piperazine rings is 1. The van der Waals surface area contributed by atoms with Gasteiger partial charge < -0.3 is 10.6 Å². The molecule has 1 heterocycles. The van der Waals surface area contributed by atoms with Gasteiger partial charge in [-0.15, -0.1) is 0 Å². The summed E-state index contributed by atoms with van der Waals surface area (Å²) in [6.45, 7) is 4.11. The molecule has 1 atom stereocenters. The van der Waals surface area contributed by atoms with E-state index in [1.54, 1.807) is 36.1 Å². The molecule has 2 amide bonds. The van der Waals surface area contributed by atoms with Crippen LogP contribution in [0.4, 0.5) is 8.78 Å². The second kappa shape index (κ2) is 9.80. The molecule has 30 heavy (non-hydrogen) atoms. The van der Waals surface area contributed by atoms with E-state index in [4.69, 9.17) is 5.73 Å². The highest BCUT2D eigenvalue weighted by Crippen LogP contribution is 2.30. The van der Waals surface area contributed by atoms with E-state index in [0.717, 1.165) is 11.1 Å². The van der Waals surface area contributed by atoms with E-state index in [1.807, 2.05) is 0 Å². The Morgan fingerprint density at radius 1 is 0.900 bits per heavy atom. The lowest BCUT2D eigenvalue weighted by Crippen LogP contribution is -2.50. The molecule has 0 aliphatic carbocycles. The van der Waals surface area contributed by atoms with E-state index in [2.05, 4.69) is 4.90 Å². The Labute approximate surface area is 175 Å². The number of hydrogen-bond donors (Lipinski definition) is 1. The maximum Gasteiger partial charge on any atom is 0.222 e. The normalized spacial score (nSPS) is 15.9. The van der Waals surface area contributed by atoms with Gasteiger partial charge in [0.1, 0.15) is 11.6 Å². The molecule has 5 nitrogen and oxygen atoms in total. The first kappa shape index (κ1) is 21.9. The summed E-state index contributed by atoms with van der Waals surface area (Å²) < 4.78 is 26.9. The fraction of sp³-hybridized carbons (Fsp3) is 0.391. The van der Waals surface area contributed by atoms with Gasteiger partial charge in [0, 0.05) is 38.5 Å². The summed E-state index contributed by atoms with van der Waals surface area (Å²) in [6, 6.07) is 12.5. The number of primary amides is 1. The lowest BCUT2D eigenvalue weighted by atomic mass is 9.96. The Hall–Kier alpha value is -2.80. The number of halogens is 2. The number of rotatable bonds is 7. The monoisotopic (exact) mass is 415 g/mol. The third kappa shape index (κ3) is 5.42. The summed E-state index contributed by atoms with van der Waals surface area (Å²) in [7, 11) is 0. The van der Waals surface area contributed by atoms with Crippen LogP contribution in [-0.2, 0) is 9.59 Å². The third-order valence-corrected chi connectivity index (χ3v) is 5.68. The Morgan fingerprint density at radius 2 is 1.37 bits per heavy atom. The minimum atomic E-state index is -0.394. The van der Waals surface area contributed by atoms with Crippen molar-refractivity contribution in [2.45, 2.75) is 25.8 Å². The van der Waals surface area contributed by atoms with Gasteiger partial charge in [0.05, 0.1) is 6.04 Å². The maximum atomic E-state index is 13.4. The molecule has 0 saturated carbocycles. The number of carbonyl (C=O) groups excluding carboxylic acids is 2. The van der Waals surface area contributed by atoms with Crippen LogP contribution in [0.2, 0.25) is 0 Å². The van der Waals surface area contributed by atoms with Gasteiger partial charge in [-0.2, -0.15) is 0 Å².